The van der Waals surface area contributed by atoms with Crippen molar-refractivity contribution in [2.75, 3.05) is 26.2 Å². The quantitative estimate of drug-likeness (QED) is 0.645. The van der Waals surface area contributed by atoms with Gasteiger partial charge in [-0.15, -0.1) is 0 Å². The molecule has 144 valence electrons. The van der Waals surface area contributed by atoms with Crippen molar-refractivity contribution < 1.29 is 17.6 Å². The van der Waals surface area contributed by atoms with E-state index in [9.17, 15) is 17.6 Å². The highest BCUT2D eigenvalue weighted by Gasteiger charge is 2.32. The average Bonchev–Trinajstić information content (AvgIpc) is 2.62. The third-order valence-corrected chi connectivity index (χ3v) is 7.22. The van der Waals surface area contributed by atoms with Crippen LogP contribution in [-0.2, 0) is 10.0 Å². The van der Waals surface area contributed by atoms with Crippen molar-refractivity contribution in [1.29, 1.82) is 0 Å². The number of rotatable bonds is 3. The Kier molecular flexibility index (Phi) is 6.12. The lowest BCUT2D eigenvalue weighted by molar-refractivity contribution is 0.0697. The second-order valence-electron chi connectivity index (χ2n) is 5.93. The zero-order valence-corrected chi connectivity index (χ0v) is 17.7. The van der Waals surface area contributed by atoms with Crippen LogP contribution in [0, 0.1) is 5.82 Å². The number of carbonyl (C=O) groups is 1. The molecule has 0 N–H and O–H groups in total. The van der Waals surface area contributed by atoms with Gasteiger partial charge in [0, 0.05) is 41.2 Å². The SMILES string of the molecule is O=C(c1cc(F)cc(Br)c1)N1CCN(S(=O)(=O)c2cc(Cl)ccc2Cl)CC1. The average molecular weight is 496 g/mol. The molecule has 0 saturated carbocycles. The zero-order valence-electron chi connectivity index (χ0n) is 13.8. The van der Waals surface area contributed by atoms with Crippen LogP contribution in [0.4, 0.5) is 4.39 Å². The third kappa shape index (κ3) is 4.46. The van der Waals surface area contributed by atoms with Crippen molar-refractivity contribution >= 4 is 55.1 Å². The number of halogens is 4. The first kappa shape index (κ1) is 20.5. The number of piperazine rings is 1. The van der Waals surface area contributed by atoms with Crippen molar-refractivity contribution in [3.8, 4) is 0 Å². The van der Waals surface area contributed by atoms with E-state index in [1.807, 2.05) is 0 Å². The first-order valence-electron chi connectivity index (χ1n) is 7.89. The molecule has 1 fully saturated rings. The van der Waals surface area contributed by atoms with Crippen molar-refractivity contribution in [3.63, 3.8) is 0 Å². The van der Waals surface area contributed by atoms with Gasteiger partial charge in [-0.05, 0) is 36.4 Å². The maximum atomic E-state index is 13.5. The highest BCUT2D eigenvalue weighted by Crippen LogP contribution is 2.28. The van der Waals surface area contributed by atoms with Crippen LogP contribution in [0.2, 0.25) is 10.0 Å². The van der Waals surface area contributed by atoms with Crippen LogP contribution in [0.3, 0.4) is 0 Å². The Morgan fingerprint density at radius 3 is 2.33 bits per heavy atom. The van der Waals surface area contributed by atoms with Gasteiger partial charge >= 0.3 is 0 Å². The maximum absolute atomic E-state index is 13.5. The van der Waals surface area contributed by atoms with Crippen molar-refractivity contribution in [3.05, 3.63) is 62.3 Å². The summed E-state index contributed by atoms with van der Waals surface area (Å²) in [6.07, 6.45) is 0. The van der Waals surface area contributed by atoms with Crippen LogP contribution in [0.25, 0.3) is 0 Å². The number of amides is 1. The molecular weight excluding hydrogens is 482 g/mol. The molecule has 0 atom stereocenters. The molecule has 3 rings (SSSR count). The van der Waals surface area contributed by atoms with E-state index in [1.165, 1.54) is 39.5 Å². The molecule has 2 aromatic rings. The fraction of sp³-hybridized carbons (Fsp3) is 0.235. The standard InChI is InChI=1S/C17H14BrCl2FN2O3S/c18-12-7-11(8-14(21)9-12)17(24)22-3-5-23(6-4-22)27(25,26)16-10-13(19)1-2-15(16)20/h1-2,7-10H,3-6H2. The minimum atomic E-state index is -3.83. The maximum Gasteiger partial charge on any atom is 0.254 e. The Balaban J connectivity index is 1.75. The lowest BCUT2D eigenvalue weighted by atomic mass is 10.2. The van der Waals surface area contributed by atoms with Gasteiger partial charge in [-0.1, -0.05) is 39.1 Å². The van der Waals surface area contributed by atoms with Crippen LogP contribution >= 0.6 is 39.1 Å². The van der Waals surface area contributed by atoms with Gasteiger partial charge in [-0.25, -0.2) is 12.8 Å². The topological polar surface area (TPSA) is 57.7 Å². The van der Waals surface area contributed by atoms with Crippen molar-refractivity contribution in [1.82, 2.24) is 9.21 Å². The van der Waals surface area contributed by atoms with Crippen molar-refractivity contribution in [2.24, 2.45) is 0 Å². The Bertz CT molecular complexity index is 975. The Morgan fingerprint density at radius 1 is 1.04 bits per heavy atom. The van der Waals surface area contributed by atoms with E-state index in [-0.39, 0.29) is 52.6 Å². The molecule has 1 aliphatic rings. The summed E-state index contributed by atoms with van der Waals surface area (Å²) in [4.78, 5) is 14.0. The van der Waals surface area contributed by atoms with E-state index in [0.29, 0.717) is 4.47 Å². The molecular formula is C17H14BrCl2FN2O3S. The molecule has 1 amide bonds. The van der Waals surface area contributed by atoms with Crippen LogP contribution < -0.4 is 0 Å². The Hall–Kier alpha value is -1.19. The minimum absolute atomic E-state index is 0.0643. The number of benzene rings is 2. The first-order chi connectivity index (χ1) is 12.7. The Labute approximate surface area is 174 Å². The van der Waals surface area contributed by atoms with Crippen LogP contribution in [0.1, 0.15) is 10.4 Å². The number of hydrogen-bond acceptors (Lipinski definition) is 3. The molecule has 1 heterocycles. The number of sulfonamides is 1. The van der Waals surface area contributed by atoms with Gasteiger partial charge in [-0.3, -0.25) is 4.79 Å². The number of carbonyl (C=O) groups excluding carboxylic acids is 1. The molecule has 1 saturated heterocycles. The van der Waals surface area contributed by atoms with Gasteiger partial charge in [0.25, 0.3) is 5.91 Å². The monoisotopic (exact) mass is 494 g/mol. The van der Waals surface area contributed by atoms with Gasteiger partial charge in [0.05, 0.1) is 5.02 Å². The van der Waals surface area contributed by atoms with Crippen LogP contribution in [0.5, 0.6) is 0 Å². The highest BCUT2D eigenvalue weighted by atomic mass is 79.9. The summed E-state index contributed by atoms with van der Waals surface area (Å²) in [5, 5.41) is 0.353. The normalized spacial score (nSPS) is 15.8. The number of nitrogens with zero attached hydrogens (tertiary/aromatic N) is 2. The molecule has 0 radical (unpaired) electrons. The largest absolute Gasteiger partial charge is 0.336 e. The van der Waals surface area contributed by atoms with Crippen LogP contribution in [0.15, 0.2) is 45.8 Å². The van der Waals surface area contributed by atoms with E-state index in [4.69, 9.17) is 23.2 Å². The summed E-state index contributed by atoms with van der Waals surface area (Å²) in [6, 6.07) is 8.19. The summed E-state index contributed by atoms with van der Waals surface area (Å²) < 4.78 is 40.9. The molecule has 10 heteroatoms. The minimum Gasteiger partial charge on any atom is -0.336 e. The molecule has 0 bridgehead atoms. The van der Waals surface area contributed by atoms with Crippen LogP contribution in [-0.4, -0.2) is 49.7 Å². The van der Waals surface area contributed by atoms with Gasteiger partial charge in [0.2, 0.25) is 10.0 Å². The molecule has 0 aromatic heterocycles. The summed E-state index contributed by atoms with van der Waals surface area (Å²) in [5.74, 6) is -0.877. The zero-order chi connectivity index (χ0) is 19.8. The van der Waals surface area contributed by atoms with Gasteiger partial charge in [0.1, 0.15) is 10.7 Å². The Morgan fingerprint density at radius 2 is 1.70 bits per heavy atom. The molecule has 5 nitrogen and oxygen atoms in total. The second kappa shape index (κ2) is 8.05. The van der Waals surface area contributed by atoms with Crippen molar-refractivity contribution in [2.45, 2.75) is 4.90 Å². The summed E-state index contributed by atoms with van der Waals surface area (Å²) in [6.45, 7) is 0.579. The van der Waals surface area contributed by atoms with E-state index >= 15 is 0 Å². The van der Waals surface area contributed by atoms with Gasteiger partial charge in [0.15, 0.2) is 0 Å². The predicted octanol–water partition coefficient (Wildman–Crippen LogP) is 4.04. The predicted molar refractivity (Wildman–Crippen MR) is 105 cm³/mol. The lowest BCUT2D eigenvalue weighted by Crippen LogP contribution is -2.50. The summed E-state index contributed by atoms with van der Waals surface area (Å²) >= 11 is 15.1. The smallest absolute Gasteiger partial charge is 0.254 e. The molecule has 0 unspecified atom stereocenters. The van der Waals surface area contributed by atoms with Gasteiger partial charge < -0.3 is 4.90 Å². The fourth-order valence-electron chi connectivity index (χ4n) is 2.81. The van der Waals surface area contributed by atoms with E-state index in [2.05, 4.69) is 15.9 Å². The summed E-state index contributed by atoms with van der Waals surface area (Å²) in [7, 11) is -3.83. The molecule has 0 aliphatic carbocycles. The number of hydrogen-bond donors (Lipinski definition) is 0. The van der Waals surface area contributed by atoms with E-state index < -0.39 is 15.8 Å². The third-order valence-electron chi connectivity index (χ3n) is 4.15. The molecule has 27 heavy (non-hydrogen) atoms. The first-order valence-corrected chi connectivity index (χ1v) is 10.9. The summed E-state index contributed by atoms with van der Waals surface area (Å²) in [5.41, 5.74) is 0.205. The van der Waals surface area contributed by atoms with E-state index in [1.54, 1.807) is 0 Å². The lowest BCUT2D eigenvalue weighted by Gasteiger charge is -2.34. The molecule has 0 spiro atoms. The molecule has 1 aliphatic heterocycles. The molecule has 2 aromatic carbocycles. The fourth-order valence-corrected chi connectivity index (χ4v) is 5.43. The second-order valence-corrected chi connectivity index (χ2v) is 9.59. The van der Waals surface area contributed by atoms with Gasteiger partial charge in [-0.2, -0.15) is 4.31 Å². The highest BCUT2D eigenvalue weighted by molar-refractivity contribution is 9.10. The van der Waals surface area contributed by atoms with E-state index in [0.717, 1.165) is 6.07 Å².